The second-order valence-electron chi connectivity index (χ2n) is 4.99. The quantitative estimate of drug-likeness (QED) is 0.883. The van der Waals surface area contributed by atoms with Crippen LogP contribution < -0.4 is 5.32 Å². The van der Waals surface area contributed by atoms with Crippen molar-refractivity contribution in [2.45, 2.75) is 6.04 Å². The molecule has 0 bridgehead atoms. The second kappa shape index (κ2) is 5.91. The molecular weight excluding hydrogens is 281 g/mol. The number of nitrogens with one attached hydrogen (secondary N) is 1. The molecule has 6 heteroatoms. The summed E-state index contributed by atoms with van der Waals surface area (Å²) in [7, 11) is 0. The maximum atomic E-state index is 14.1. The van der Waals surface area contributed by atoms with E-state index in [0.29, 0.717) is 24.9 Å². The van der Waals surface area contributed by atoms with E-state index < -0.39 is 23.5 Å². The Morgan fingerprint density at radius 1 is 1.05 bits per heavy atom. The summed E-state index contributed by atoms with van der Waals surface area (Å²) in [6.45, 7) is 2.85. The Balaban J connectivity index is 2.04. The van der Waals surface area contributed by atoms with Gasteiger partial charge in [-0.15, -0.1) is 0 Å². The summed E-state index contributed by atoms with van der Waals surface area (Å²) in [4.78, 5) is 1.99. The van der Waals surface area contributed by atoms with Crippen LogP contribution in [0, 0.1) is 17.5 Å². The third-order valence-electron chi connectivity index (χ3n) is 3.66. The van der Waals surface area contributed by atoms with Gasteiger partial charge in [-0.1, -0.05) is 0 Å². The molecule has 0 unspecified atom stereocenters. The molecule has 21 heavy (non-hydrogen) atoms. The molecular formula is C15H15F3N2O. The normalized spacial score (nSPS) is 17.9. The highest BCUT2D eigenvalue weighted by molar-refractivity contribution is 5.29. The molecule has 2 heterocycles. The van der Waals surface area contributed by atoms with Gasteiger partial charge < -0.3 is 9.73 Å². The SMILES string of the molecule is Fc1cc(F)c([C@@H](c2ccco2)N2CCNCC2)cc1F. The second-order valence-corrected chi connectivity index (χ2v) is 4.99. The molecule has 0 aliphatic carbocycles. The first-order valence-corrected chi connectivity index (χ1v) is 6.79. The fourth-order valence-corrected chi connectivity index (χ4v) is 2.66. The molecule has 0 spiro atoms. The third kappa shape index (κ3) is 2.82. The minimum Gasteiger partial charge on any atom is -0.467 e. The highest BCUT2D eigenvalue weighted by Crippen LogP contribution is 2.32. The monoisotopic (exact) mass is 296 g/mol. The van der Waals surface area contributed by atoms with Gasteiger partial charge in [-0.05, 0) is 18.2 Å². The number of rotatable bonds is 3. The van der Waals surface area contributed by atoms with E-state index in [1.807, 2.05) is 4.90 Å². The van der Waals surface area contributed by atoms with Crippen LogP contribution in [0.5, 0.6) is 0 Å². The standard InChI is InChI=1S/C15H15F3N2O/c16-11-9-13(18)12(17)8-10(11)15(14-2-1-7-21-14)20-5-3-19-4-6-20/h1-2,7-9,15,19H,3-6H2/t15-/m0/s1. The molecule has 0 amide bonds. The summed E-state index contributed by atoms with van der Waals surface area (Å²) in [5.41, 5.74) is 0.0887. The summed E-state index contributed by atoms with van der Waals surface area (Å²) in [5, 5.41) is 3.20. The van der Waals surface area contributed by atoms with E-state index in [9.17, 15) is 13.2 Å². The molecule has 1 atom stereocenters. The van der Waals surface area contributed by atoms with E-state index in [4.69, 9.17) is 4.42 Å². The fraction of sp³-hybridized carbons (Fsp3) is 0.333. The van der Waals surface area contributed by atoms with Crippen LogP contribution in [0.25, 0.3) is 0 Å². The van der Waals surface area contributed by atoms with Crippen LogP contribution in [0.15, 0.2) is 34.9 Å². The predicted octanol–water partition coefficient (Wildman–Crippen LogP) is 2.69. The lowest BCUT2D eigenvalue weighted by atomic mass is 10.0. The number of furan rings is 1. The first-order chi connectivity index (χ1) is 10.2. The van der Waals surface area contributed by atoms with Crippen LogP contribution in [0.3, 0.4) is 0 Å². The molecule has 0 saturated carbocycles. The topological polar surface area (TPSA) is 28.4 Å². The molecule has 1 N–H and O–H groups in total. The Morgan fingerprint density at radius 3 is 2.43 bits per heavy atom. The maximum Gasteiger partial charge on any atom is 0.161 e. The van der Waals surface area contributed by atoms with Crippen molar-refractivity contribution in [3.63, 3.8) is 0 Å². The zero-order valence-electron chi connectivity index (χ0n) is 11.3. The van der Waals surface area contributed by atoms with E-state index >= 15 is 0 Å². The van der Waals surface area contributed by atoms with Crippen molar-refractivity contribution in [1.29, 1.82) is 0 Å². The molecule has 2 aromatic rings. The van der Waals surface area contributed by atoms with Gasteiger partial charge in [0.15, 0.2) is 11.6 Å². The Hall–Kier alpha value is -1.79. The third-order valence-corrected chi connectivity index (χ3v) is 3.66. The number of piperazine rings is 1. The lowest BCUT2D eigenvalue weighted by Gasteiger charge is -2.34. The van der Waals surface area contributed by atoms with Crippen molar-refractivity contribution in [3.8, 4) is 0 Å². The first-order valence-electron chi connectivity index (χ1n) is 6.79. The van der Waals surface area contributed by atoms with Crippen molar-refractivity contribution >= 4 is 0 Å². The van der Waals surface area contributed by atoms with E-state index in [1.54, 1.807) is 12.1 Å². The molecule has 0 radical (unpaired) electrons. The van der Waals surface area contributed by atoms with Crippen LogP contribution in [-0.4, -0.2) is 31.1 Å². The van der Waals surface area contributed by atoms with Gasteiger partial charge in [0, 0.05) is 37.8 Å². The smallest absolute Gasteiger partial charge is 0.161 e. The summed E-state index contributed by atoms with van der Waals surface area (Å²) in [5.74, 6) is -2.50. The molecule has 1 saturated heterocycles. The summed E-state index contributed by atoms with van der Waals surface area (Å²) in [6.07, 6.45) is 1.49. The van der Waals surface area contributed by atoms with Gasteiger partial charge in [0.1, 0.15) is 11.6 Å². The van der Waals surface area contributed by atoms with Gasteiger partial charge >= 0.3 is 0 Å². The van der Waals surface area contributed by atoms with Crippen molar-refractivity contribution in [2.24, 2.45) is 0 Å². The Labute approximate surface area is 120 Å². The van der Waals surface area contributed by atoms with E-state index in [1.165, 1.54) is 6.26 Å². The van der Waals surface area contributed by atoms with Crippen molar-refractivity contribution in [1.82, 2.24) is 10.2 Å². The molecule has 1 aliphatic rings. The number of benzene rings is 1. The van der Waals surface area contributed by atoms with Gasteiger partial charge in [-0.2, -0.15) is 0 Å². The highest BCUT2D eigenvalue weighted by atomic mass is 19.2. The van der Waals surface area contributed by atoms with Crippen LogP contribution in [0.2, 0.25) is 0 Å². The molecule has 1 aromatic carbocycles. The lowest BCUT2D eigenvalue weighted by Crippen LogP contribution is -2.45. The number of nitrogens with zero attached hydrogens (tertiary/aromatic N) is 1. The van der Waals surface area contributed by atoms with Crippen LogP contribution in [-0.2, 0) is 0 Å². The van der Waals surface area contributed by atoms with E-state index in [0.717, 1.165) is 19.2 Å². The number of hydrogen-bond donors (Lipinski definition) is 1. The Bertz CT molecular complexity index is 610. The Kier molecular flexibility index (Phi) is 3.98. The zero-order valence-corrected chi connectivity index (χ0v) is 11.3. The van der Waals surface area contributed by atoms with Crippen molar-refractivity contribution in [2.75, 3.05) is 26.2 Å². The number of halogens is 3. The van der Waals surface area contributed by atoms with Gasteiger partial charge in [0.2, 0.25) is 0 Å². The van der Waals surface area contributed by atoms with Crippen LogP contribution in [0.1, 0.15) is 17.4 Å². The molecule has 3 nitrogen and oxygen atoms in total. The molecule has 3 rings (SSSR count). The first kappa shape index (κ1) is 14.2. The molecule has 1 fully saturated rings. The summed E-state index contributed by atoms with van der Waals surface area (Å²) >= 11 is 0. The van der Waals surface area contributed by atoms with Crippen molar-refractivity contribution < 1.29 is 17.6 Å². The van der Waals surface area contributed by atoms with Gasteiger partial charge in [-0.3, -0.25) is 4.90 Å². The van der Waals surface area contributed by atoms with Crippen LogP contribution >= 0.6 is 0 Å². The summed E-state index contributed by atoms with van der Waals surface area (Å²) in [6, 6.07) is 4.36. The average Bonchev–Trinajstić information content (AvgIpc) is 3.00. The van der Waals surface area contributed by atoms with Gasteiger partial charge in [0.25, 0.3) is 0 Å². The van der Waals surface area contributed by atoms with Gasteiger partial charge in [-0.25, -0.2) is 13.2 Å². The maximum absolute atomic E-state index is 14.1. The highest BCUT2D eigenvalue weighted by Gasteiger charge is 2.29. The molecule has 112 valence electrons. The van der Waals surface area contributed by atoms with Crippen molar-refractivity contribution in [3.05, 3.63) is 59.3 Å². The largest absolute Gasteiger partial charge is 0.467 e. The Morgan fingerprint density at radius 2 is 1.76 bits per heavy atom. The van der Waals surface area contributed by atoms with Gasteiger partial charge in [0.05, 0.1) is 12.3 Å². The molecule has 1 aliphatic heterocycles. The fourth-order valence-electron chi connectivity index (χ4n) is 2.66. The lowest BCUT2D eigenvalue weighted by molar-refractivity contribution is 0.176. The minimum absolute atomic E-state index is 0.0887. The number of hydrogen-bond acceptors (Lipinski definition) is 3. The van der Waals surface area contributed by atoms with E-state index in [-0.39, 0.29) is 5.56 Å². The average molecular weight is 296 g/mol. The summed E-state index contributed by atoms with van der Waals surface area (Å²) < 4.78 is 46.2. The minimum atomic E-state index is -1.19. The molecule has 1 aromatic heterocycles. The van der Waals surface area contributed by atoms with Crippen LogP contribution in [0.4, 0.5) is 13.2 Å². The van der Waals surface area contributed by atoms with E-state index in [2.05, 4.69) is 5.32 Å². The zero-order chi connectivity index (χ0) is 14.8. The predicted molar refractivity (Wildman–Crippen MR) is 71.3 cm³/mol.